The van der Waals surface area contributed by atoms with Gasteiger partial charge in [-0.15, -0.1) is 0 Å². The van der Waals surface area contributed by atoms with Crippen LogP contribution in [0.5, 0.6) is 0 Å². The second-order valence-corrected chi connectivity index (χ2v) is 8.14. The quantitative estimate of drug-likeness (QED) is 0.639. The third-order valence-corrected chi connectivity index (χ3v) is 6.46. The molecule has 1 saturated heterocycles. The fourth-order valence-corrected chi connectivity index (χ4v) is 4.66. The molecule has 2 N–H and O–H groups in total. The minimum atomic E-state index is 0.324. The predicted molar refractivity (Wildman–Crippen MR) is 104 cm³/mol. The molecule has 0 aromatic heterocycles. The van der Waals surface area contributed by atoms with Crippen LogP contribution >= 0.6 is 0 Å². The molecular weight excluding hydrogens is 308 g/mol. The van der Waals surface area contributed by atoms with Crippen molar-refractivity contribution in [2.75, 3.05) is 26.7 Å². The summed E-state index contributed by atoms with van der Waals surface area (Å²) >= 11 is 0. The number of hydrogen-bond acceptors (Lipinski definition) is 2. The summed E-state index contributed by atoms with van der Waals surface area (Å²) in [7, 11) is 1.89. The lowest BCUT2D eigenvalue weighted by molar-refractivity contribution is 0.242. The zero-order valence-corrected chi connectivity index (χ0v) is 15.5. The number of rotatable bonds is 5. The summed E-state index contributed by atoms with van der Waals surface area (Å²) < 4.78 is 0. The van der Waals surface area contributed by atoms with E-state index in [1.54, 1.807) is 0 Å². The van der Waals surface area contributed by atoms with Crippen LogP contribution in [0.2, 0.25) is 0 Å². The standard InChI is InChI=1S/C21H32N4/c1-22-20(23-16-21(12-13-21)17-7-3-2-4-8-17)24-18-11-14-25(15-18)19-9-5-6-10-19/h2-4,7-8,18-19H,5-6,9-16H2,1H3,(H2,22,23,24). The summed E-state index contributed by atoms with van der Waals surface area (Å²) in [5, 5.41) is 7.27. The van der Waals surface area contributed by atoms with Gasteiger partial charge in [0.2, 0.25) is 0 Å². The molecular formula is C21H32N4. The highest BCUT2D eigenvalue weighted by molar-refractivity contribution is 5.80. The summed E-state index contributed by atoms with van der Waals surface area (Å²) in [6, 6.07) is 12.3. The van der Waals surface area contributed by atoms with E-state index in [4.69, 9.17) is 0 Å². The van der Waals surface area contributed by atoms with Gasteiger partial charge in [-0.1, -0.05) is 43.2 Å². The molecule has 0 bridgehead atoms. The van der Waals surface area contributed by atoms with E-state index in [1.165, 1.54) is 63.6 Å². The van der Waals surface area contributed by atoms with Crippen LogP contribution in [0.25, 0.3) is 0 Å². The lowest BCUT2D eigenvalue weighted by atomic mass is 9.96. The Labute approximate surface area is 152 Å². The molecule has 0 spiro atoms. The predicted octanol–water partition coefficient (Wildman–Crippen LogP) is 2.90. The number of nitrogens with one attached hydrogen (secondary N) is 2. The van der Waals surface area contributed by atoms with Crippen LogP contribution in [-0.2, 0) is 5.41 Å². The Morgan fingerprint density at radius 2 is 1.92 bits per heavy atom. The van der Waals surface area contributed by atoms with Crippen molar-refractivity contribution < 1.29 is 0 Å². The van der Waals surface area contributed by atoms with Crippen LogP contribution in [0.3, 0.4) is 0 Å². The summed E-state index contributed by atoms with van der Waals surface area (Å²) in [6.07, 6.45) is 9.44. The first-order valence-corrected chi connectivity index (χ1v) is 10.1. The molecule has 136 valence electrons. The Kier molecular flexibility index (Phi) is 4.98. The maximum Gasteiger partial charge on any atom is 0.191 e. The Hall–Kier alpha value is -1.55. The van der Waals surface area contributed by atoms with Gasteiger partial charge in [0.05, 0.1) is 0 Å². The SMILES string of the molecule is CN=C(NCC1(c2ccccc2)CC1)NC1CCN(C2CCCC2)C1. The van der Waals surface area contributed by atoms with Gasteiger partial charge in [-0.2, -0.15) is 0 Å². The molecule has 4 nitrogen and oxygen atoms in total. The molecule has 4 rings (SSSR count). The van der Waals surface area contributed by atoms with Crippen molar-refractivity contribution in [2.45, 2.75) is 62.4 Å². The van der Waals surface area contributed by atoms with Gasteiger partial charge in [-0.05, 0) is 37.7 Å². The fraction of sp³-hybridized carbons (Fsp3) is 0.667. The number of aliphatic imine (C=N–C) groups is 1. The first-order chi connectivity index (χ1) is 12.3. The van der Waals surface area contributed by atoms with E-state index in [0.717, 1.165) is 18.5 Å². The van der Waals surface area contributed by atoms with Crippen LogP contribution in [0.1, 0.15) is 50.5 Å². The average molecular weight is 341 g/mol. The van der Waals surface area contributed by atoms with Gasteiger partial charge in [0, 0.05) is 44.2 Å². The van der Waals surface area contributed by atoms with Crippen molar-refractivity contribution in [1.82, 2.24) is 15.5 Å². The van der Waals surface area contributed by atoms with Gasteiger partial charge < -0.3 is 10.6 Å². The second kappa shape index (κ2) is 7.36. The molecule has 2 aliphatic carbocycles. The van der Waals surface area contributed by atoms with E-state index in [9.17, 15) is 0 Å². The van der Waals surface area contributed by atoms with Gasteiger partial charge in [0.1, 0.15) is 0 Å². The second-order valence-electron chi connectivity index (χ2n) is 8.14. The largest absolute Gasteiger partial charge is 0.356 e. The fourth-order valence-electron chi connectivity index (χ4n) is 4.66. The van der Waals surface area contributed by atoms with Gasteiger partial charge in [-0.3, -0.25) is 9.89 Å². The highest BCUT2D eigenvalue weighted by atomic mass is 15.3. The zero-order valence-electron chi connectivity index (χ0n) is 15.5. The van der Waals surface area contributed by atoms with E-state index >= 15 is 0 Å². The first kappa shape index (κ1) is 16.9. The Balaban J connectivity index is 1.27. The average Bonchev–Trinajstić information content (AvgIpc) is 3.05. The van der Waals surface area contributed by atoms with E-state index in [0.29, 0.717) is 11.5 Å². The molecule has 1 unspecified atom stereocenters. The van der Waals surface area contributed by atoms with E-state index in [-0.39, 0.29) is 0 Å². The number of benzene rings is 1. The van der Waals surface area contributed by atoms with E-state index in [2.05, 4.69) is 50.9 Å². The Morgan fingerprint density at radius 1 is 1.16 bits per heavy atom. The maximum atomic E-state index is 4.47. The first-order valence-electron chi connectivity index (χ1n) is 10.1. The Bertz CT molecular complexity index is 587. The minimum absolute atomic E-state index is 0.324. The molecule has 2 saturated carbocycles. The third kappa shape index (κ3) is 3.84. The van der Waals surface area contributed by atoms with Gasteiger partial charge >= 0.3 is 0 Å². The van der Waals surface area contributed by atoms with Crippen molar-refractivity contribution in [3.63, 3.8) is 0 Å². The zero-order chi connectivity index (χ0) is 17.1. The van der Waals surface area contributed by atoms with Crippen LogP contribution in [0.15, 0.2) is 35.3 Å². The van der Waals surface area contributed by atoms with E-state index < -0.39 is 0 Å². The lowest BCUT2D eigenvalue weighted by Crippen LogP contribution is -2.47. The van der Waals surface area contributed by atoms with Gasteiger partial charge in [0.25, 0.3) is 0 Å². The summed E-state index contributed by atoms with van der Waals surface area (Å²) in [6.45, 7) is 3.40. The molecule has 3 aliphatic rings. The number of hydrogen-bond donors (Lipinski definition) is 2. The number of nitrogens with zero attached hydrogens (tertiary/aromatic N) is 2. The van der Waals surface area contributed by atoms with Crippen molar-refractivity contribution in [3.05, 3.63) is 35.9 Å². The van der Waals surface area contributed by atoms with Crippen LogP contribution in [0.4, 0.5) is 0 Å². The maximum absolute atomic E-state index is 4.47. The van der Waals surface area contributed by atoms with Gasteiger partial charge in [-0.25, -0.2) is 0 Å². The molecule has 1 aliphatic heterocycles. The van der Waals surface area contributed by atoms with Crippen molar-refractivity contribution in [3.8, 4) is 0 Å². The van der Waals surface area contributed by atoms with Crippen LogP contribution in [-0.4, -0.2) is 49.6 Å². The summed E-state index contributed by atoms with van der Waals surface area (Å²) in [5.74, 6) is 0.973. The monoisotopic (exact) mass is 340 g/mol. The molecule has 0 radical (unpaired) electrons. The number of likely N-dealkylation sites (tertiary alicyclic amines) is 1. The summed E-state index contributed by atoms with van der Waals surface area (Å²) in [4.78, 5) is 7.17. The molecule has 1 heterocycles. The molecule has 1 atom stereocenters. The normalized spacial score (nSPS) is 26.8. The van der Waals surface area contributed by atoms with Crippen molar-refractivity contribution in [1.29, 1.82) is 0 Å². The molecule has 4 heteroatoms. The number of guanidine groups is 1. The van der Waals surface area contributed by atoms with Crippen molar-refractivity contribution >= 4 is 5.96 Å². The molecule has 1 aromatic rings. The summed E-state index contributed by atoms with van der Waals surface area (Å²) in [5.41, 5.74) is 1.79. The smallest absolute Gasteiger partial charge is 0.191 e. The van der Waals surface area contributed by atoms with E-state index in [1.807, 2.05) is 7.05 Å². The van der Waals surface area contributed by atoms with Gasteiger partial charge in [0.15, 0.2) is 5.96 Å². The van der Waals surface area contributed by atoms with Crippen LogP contribution in [0, 0.1) is 0 Å². The van der Waals surface area contributed by atoms with Crippen molar-refractivity contribution in [2.24, 2.45) is 4.99 Å². The highest BCUT2D eigenvalue weighted by Gasteiger charge is 2.44. The molecule has 25 heavy (non-hydrogen) atoms. The Morgan fingerprint density at radius 3 is 2.60 bits per heavy atom. The topological polar surface area (TPSA) is 39.7 Å². The highest BCUT2D eigenvalue weighted by Crippen LogP contribution is 2.47. The molecule has 0 amide bonds. The third-order valence-electron chi connectivity index (χ3n) is 6.46. The molecule has 3 fully saturated rings. The minimum Gasteiger partial charge on any atom is -0.356 e. The molecule has 1 aromatic carbocycles. The lowest BCUT2D eigenvalue weighted by Gasteiger charge is -2.24. The van der Waals surface area contributed by atoms with Crippen LogP contribution < -0.4 is 10.6 Å².